The number of amides is 2. The van der Waals surface area contributed by atoms with Crippen LogP contribution in [0.4, 0.5) is 15.6 Å². The SMILES string of the molecule is O=C(Nc1cccc(Cl)c1)Nc1nc(-c2ccc3ccccc3c2)cs1. The average molecular weight is 380 g/mol. The molecule has 0 unspecified atom stereocenters. The Labute approximate surface area is 159 Å². The molecule has 0 saturated heterocycles. The van der Waals surface area contributed by atoms with E-state index in [9.17, 15) is 4.79 Å². The molecule has 0 atom stereocenters. The highest BCUT2D eigenvalue weighted by molar-refractivity contribution is 7.14. The van der Waals surface area contributed by atoms with E-state index in [1.165, 1.54) is 16.7 Å². The third kappa shape index (κ3) is 3.69. The van der Waals surface area contributed by atoms with Gasteiger partial charge in [0.2, 0.25) is 0 Å². The number of nitrogens with zero attached hydrogens (tertiary/aromatic N) is 1. The molecular formula is C20H14ClN3OS. The second-order valence-electron chi connectivity index (χ2n) is 5.69. The van der Waals surface area contributed by atoms with E-state index in [1.54, 1.807) is 24.3 Å². The summed E-state index contributed by atoms with van der Waals surface area (Å²) in [6.45, 7) is 0. The van der Waals surface area contributed by atoms with Crippen molar-refractivity contribution >= 4 is 50.6 Å². The van der Waals surface area contributed by atoms with Crippen LogP contribution < -0.4 is 10.6 Å². The monoisotopic (exact) mass is 379 g/mol. The van der Waals surface area contributed by atoms with Crippen LogP contribution in [0.2, 0.25) is 5.02 Å². The summed E-state index contributed by atoms with van der Waals surface area (Å²) in [4.78, 5) is 16.6. The zero-order chi connectivity index (χ0) is 17.9. The number of rotatable bonds is 3. The van der Waals surface area contributed by atoms with Crippen LogP contribution in [-0.2, 0) is 0 Å². The summed E-state index contributed by atoms with van der Waals surface area (Å²) >= 11 is 7.30. The molecule has 2 N–H and O–H groups in total. The maximum Gasteiger partial charge on any atom is 0.325 e. The van der Waals surface area contributed by atoms with Gasteiger partial charge >= 0.3 is 6.03 Å². The number of nitrogens with one attached hydrogen (secondary N) is 2. The quantitative estimate of drug-likeness (QED) is 0.441. The number of halogens is 1. The highest BCUT2D eigenvalue weighted by Crippen LogP contribution is 2.28. The molecule has 0 spiro atoms. The summed E-state index contributed by atoms with van der Waals surface area (Å²) in [6.07, 6.45) is 0. The van der Waals surface area contributed by atoms with Gasteiger partial charge in [-0.05, 0) is 35.0 Å². The lowest BCUT2D eigenvalue weighted by atomic mass is 10.1. The fraction of sp³-hybridized carbons (Fsp3) is 0. The van der Waals surface area contributed by atoms with Gasteiger partial charge in [-0.15, -0.1) is 11.3 Å². The van der Waals surface area contributed by atoms with Crippen LogP contribution in [0, 0.1) is 0 Å². The molecule has 1 aromatic heterocycles. The van der Waals surface area contributed by atoms with Crippen molar-refractivity contribution in [3.05, 3.63) is 77.1 Å². The second kappa shape index (κ2) is 7.15. The Hall–Kier alpha value is -2.89. The normalized spacial score (nSPS) is 10.7. The number of benzene rings is 3. The van der Waals surface area contributed by atoms with E-state index in [0.717, 1.165) is 16.6 Å². The van der Waals surface area contributed by atoms with E-state index in [0.29, 0.717) is 15.8 Å². The van der Waals surface area contributed by atoms with Gasteiger partial charge < -0.3 is 5.32 Å². The van der Waals surface area contributed by atoms with Crippen molar-refractivity contribution in [1.29, 1.82) is 0 Å². The molecule has 6 heteroatoms. The number of hydrogen-bond donors (Lipinski definition) is 2. The van der Waals surface area contributed by atoms with Crippen molar-refractivity contribution in [1.82, 2.24) is 4.98 Å². The van der Waals surface area contributed by atoms with Crippen LogP contribution in [0.3, 0.4) is 0 Å². The number of carbonyl (C=O) groups excluding carboxylic acids is 1. The first-order valence-corrected chi connectivity index (χ1v) is 9.21. The van der Waals surface area contributed by atoms with Gasteiger partial charge in [0.25, 0.3) is 0 Å². The molecular weight excluding hydrogens is 366 g/mol. The maximum atomic E-state index is 12.1. The fourth-order valence-electron chi connectivity index (χ4n) is 2.64. The van der Waals surface area contributed by atoms with Crippen molar-refractivity contribution in [2.75, 3.05) is 10.6 Å². The van der Waals surface area contributed by atoms with Crippen LogP contribution in [0.5, 0.6) is 0 Å². The van der Waals surface area contributed by atoms with Crippen LogP contribution in [0.25, 0.3) is 22.0 Å². The molecule has 0 fully saturated rings. The lowest BCUT2D eigenvalue weighted by Gasteiger charge is -2.05. The highest BCUT2D eigenvalue weighted by atomic mass is 35.5. The maximum absolute atomic E-state index is 12.1. The first kappa shape index (κ1) is 16.6. The molecule has 0 radical (unpaired) electrons. The number of fused-ring (bicyclic) bond motifs is 1. The number of aromatic nitrogens is 1. The smallest absolute Gasteiger partial charge is 0.308 e. The molecule has 0 saturated carbocycles. The van der Waals surface area contributed by atoms with Crippen molar-refractivity contribution in [2.45, 2.75) is 0 Å². The van der Waals surface area contributed by atoms with Gasteiger partial charge in [-0.2, -0.15) is 0 Å². The van der Waals surface area contributed by atoms with E-state index in [2.05, 4.69) is 39.9 Å². The van der Waals surface area contributed by atoms with Crippen molar-refractivity contribution in [3.63, 3.8) is 0 Å². The third-order valence-electron chi connectivity index (χ3n) is 3.85. The highest BCUT2D eigenvalue weighted by Gasteiger charge is 2.09. The van der Waals surface area contributed by atoms with Crippen LogP contribution in [0.1, 0.15) is 0 Å². The average Bonchev–Trinajstić information content (AvgIpc) is 3.09. The molecule has 0 aliphatic carbocycles. The minimum absolute atomic E-state index is 0.355. The first-order valence-electron chi connectivity index (χ1n) is 7.96. The van der Waals surface area contributed by atoms with Crippen LogP contribution in [0.15, 0.2) is 72.1 Å². The summed E-state index contributed by atoms with van der Waals surface area (Å²) < 4.78 is 0. The number of carbonyl (C=O) groups is 1. The van der Waals surface area contributed by atoms with Crippen LogP contribution in [-0.4, -0.2) is 11.0 Å². The predicted molar refractivity (Wildman–Crippen MR) is 109 cm³/mol. The summed E-state index contributed by atoms with van der Waals surface area (Å²) in [5.41, 5.74) is 2.48. The topological polar surface area (TPSA) is 54.0 Å². The summed E-state index contributed by atoms with van der Waals surface area (Å²) in [6, 6.07) is 21.0. The van der Waals surface area contributed by atoms with Gasteiger partial charge in [-0.25, -0.2) is 9.78 Å². The number of anilines is 2. The molecule has 4 rings (SSSR count). The molecule has 1 heterocycles. The Kier molecular flexibility index (Phi) is 4.56. The molecule has 3 aromatic carbocycles. The van der Waals surface area contributed by atoms with E-state index in [-0.39, 0.29) is 6.03 Å². The van der Waals surface area contributed by atoms with E-state index in [1.807, 2.05) is 23.6 Å². The van der Waals surface area contributed by atoms with Gasteiger partial charge in [0.15, 0.2) is 5.13 Å². The van der Waals surface area contributed by atoms with Gasteiger partial charge in [-0.3, -0.25) is 5.32 Å². The molecule has 0 aliphatic heterocycles. The Bertz CT molecular complexity index is 1090. The zero-order valence-electron chi connectivity index (χ0n) is 13.6. The van der Waals surface area contributed by atoms with Gasteiger partial charge in [0, 0.05) is 21.7 Å². The Balaban J connectivity index is 1.49. The lowest BCUT2D eigenvalue weighted by molar-refractivity contribution is 0.262. The minimum Gasteiger partial charge on any atom is -0.308 e. The zero-order valence-corrected chi connectivity index (χ0v) is 15.1. The standard InChI is InChI=1S/C20H14ClN3OS/c21-16-6-3-7-17(11-16)22-19(25)24-20-23-18(12-26-20)15-9-8-13-4-1-2-5-14(13)10-15/h1-12H,(H2,22,23,24,25). The summed E-state index contributed by atoms with van der Waals surface area (Å²) in [7, 11) is 0. The number of hydrogen-bond acceptors (Lipinski definition) is 3. The minimum atomic E-state index is -0.355. The molecule has 0 bridgehead atoms. The lowest BCUT2D eigenvalue weighted by Crippen LogP contribution is -2.19. The van der Waals surface area contributed by atoms with Gasteiger partial charge in [0.1, 0.15) is 0 Å². The number of thiazole rings is 1. The first-order chi connectivity index (χ1) is 12.7. The Morgan fingerprint density at radius 3 is 2.62 bits per heavy atom. The van der Waals surface area contributed by atoms with Crippen LogP contribution >= 0.6 is 22.9 Å². The summed E-state index contributed by atoms with van der Waals surface area (Å²) in [5.74, 6) is 0. The molecule has 4 aromatic rings. The van der Waals surface area contributed by atoms with E-state index >= 15 is 0 Å². The molecule has 2 amide bonds. The second-order valence-corrected chi connectivity index (χ2v) is 6.98. The molecule has 128 valence electrons. The molecule has 0 aliphatic rings. The Morgan fingerprint density at radius 1 is 0.923 bits per heavy atom. The van der Waals surface area contributed by atoms with E-state index < -0.39 is 0 Å². The summed E-state index contributed by atoms with van der Waals surface area (Å²) in [5, 5.41) is 10.9. The van der Waals surface area contributed by atoms with Gasteiger partial charge in [0.05, 0.1) is 5.69 Å². The van der Waals surface area contributed by atoms with Crippen molar-refractivity contribution < 1.29 is 4.79 Å². The van der Waals surface area contributed by atoms with Crippen molar-refractivity contribution in [3.8, 4) is 11.3 Å². The molecule has 26 heavy (non-hydrogen) atoms. The molecule has 4 nitrogen and oxygen atoms in total. The van der Waals surface area contributed by atoms with Crippen molar-refractivity contribution in [2.24, 2.45) is 0 Å². The number of urea groups is 1. The third-order valence-corrected chi connectivity index (χ3v) is 4.85. The fourth-order valence-corrected chi connectivity index (χ4v) is 3.54. The largest absolute Gasteiger partial charge is 0.325 e. The Morgan fingerprint density at radius 2 is 1.77 bits per heavy atom. The van der Waals surface area contributed by atoms with Gasteiger partial charge in [-0.1, -0.05) is 54.1 Å². The van der Waals surface area contributed by atoms with E-state index in [4.69, 9.17) is 11.6 Å². The predicted octanol–water partition coefficient (Wildman–Crippen LogP) is 6.26.